The lowest BCUT2D eigenvalue weighted by molar-refractivity contribution is -0.145. The highest BCUT2D eigenvalue weighted by Gasteiger charge is 2.32. The van der Waals surface area contributed by atoms with Gasteiger partial charge in [-0.3, -0.25) is 24.0 Å². The Balaban J connectivity index is 2.21. The van der Waals surface area contributed by atoms with Crippen LogP contribution in [0.15, 0.2) is 0 Å². The van der Waals surface area contributed by atoms with Crippen LogP contribution in [0.25, 0.3) is 0 Å². The van der Waals surface area contributed by atoms with Crippen LogP contribution >= 0.6 is 0 Å². The van der Waals surface area contributed by atoms with Crippen molar-refractivity contribution in [3.8, 4) is 0 Å². The normalized spacial score (nSPS) is 19.2. The number of nitrogens with one attached hydrogen (secondary N) is 4. The van der Waals surface area contributed by atoms with Crippen molar-refractivity contribution in [3.63, 3.8) is 0 Å². The smallest absolute Gasteiger partial charge is 0.325 e. The monoisotopic (exact) mass is 373 g/mol. The minimum Gasteiger partial charge on any atom is -0.464 e. The number of amides is 4. The maximum absolute atomic E-state index is 11.8. The highest BCUT2D eigenvalue weighted by Crippen LogP contribution is 2.04. The molecule has 26 heavy (non-hydrogen) atoms. The molecule has 0 aromatic carbocycles. The second kappa shape index (κ2) is 11.0. The number of piperazine rings is 1. The first-order valence-corrected chi connectivity index (χ1v) is 7.98. The highest BCUT2D eigenvalue weighted by atomic mass is 16.5. The summed E-state index contributed by atoms with van der Waals surface area (Å²) in [6.07, 6.45) is 0.181. The summed E-state index contributed by atoms with van der Waals surface area (Å²) >= 11 is 0. The van der Waals surface area contributed by atoms with Gasteiger partial charge in [0.05, 0.1) is 19.7 Å². The third-order valence-electron chi connectivity index (χ3n) is 3.41. The number of hydrogen-bond acceptors (Lipinski definition) is 8. The van der Waals surface area contributed by atoms with Gasteiger partial charge in [-0.1, -0.05) is 0 Å². The molecule has 0 aliphatic carbocycles. The molecule has 1 aliphatic rings. The molecule has 0 saturated carbocycles. The first kappa shape index (κ1) is 21.3. The van der Waals surface area contributed by atoms with Crippen molar-refractivity contribution in [2.75, 3.05) is 32.8 Å². The second-order valence-electron chi connectivity index (χ2n) is 5.40. The Morgan fingerprint density at radius 1 is 1.00 bits per heavy atom. The average molecular weight is 373 g/mol. The van der Waals surface area contributed by atoms with E-state index in [1.807, 2.05) is 0 Å². The number of rotatable bonds is 10. The number of nitrogens with two attached hydrogens (primary N) is 1. The van der Waals surface area contributed by atoms with Crippen LogP contribution in [-0.2, 0) is 28.7 Å². The van der Waals surface area contributed by atoms with Gasteiger partial charge < -0.3 is 36.8 Å². The number of aliphatic hydroxyl groups excluding tert-OH is 1. The summed E-state index contributed by atoms with van der Waals surface area (Å²) in [5.74, 6) is -2.66. The molecule has 0 bridgehead atoms. The molecule has 12 heteroatoms. The molecule has 0 radical (unpaired) electrons. The number of carbonyl (C=O) groups is 5. The standard InChI is InChI=1S/C14H23N5O7/c15-5-10(21)16-6-11(22)17-7-12(23)26-4-2-9-14(25)18-8(1-3-20)13(24)19-9/h8-9,20H,1-7,15H2,(H,16,21)(H,17,22)(H,18,25)(H,19,24)/t8-,9-/m1/s1. The molecule has 0 aromatic heterocycles. The van der Waals surface area contributed by atoms with Crippen LogP contribution in [-0.4, -0.2) is 79.6 Å². The molecule has 2 atom stereocenters. The van der Waals surface area contributed by atoms with Crippen LogP contribution < -0.4 is 27.0 Å². The molecular formula is C14H23N5O7. The molecular weight excluding hydrogens is 350 g/mol. The lowest BCUT2D eigenvalue weighted by Crippen LogP contribution is -2.62. The second-order valence-corrected chi connectivity index (χ2v) is 5.40. The number of hydrogen-bond donors (Lipinski definition) is 6. The zero-order chi connectivity index (χ0) is 19.5. The van der Waals surface area contributed by atoms with E-state index in [4.69, 9.17) is 15.6 Å². The Hall–Kier alpha value is -2.73. The molecule has 4 amide bonds. The van der Waals surface area contributed by atoms with Crippen LogP contribution in [0.4, 0.5) is 0 Å². The fraction of sp³-hybridized carbons (Fsp3) is 0.643. The maximum Gasteiger partial charge on any atom is 0.325 e. The molecule has 7 N–H and O–H groups in total. The summed E-state index contributed by atoms with van der Waals surface area (Å²) in [5, 5.41) is 18.2. The van der Waals surface area contributed by atoms with Gasteiger partial charge >= 0.3 is 5.97 Å². The van der Waals surface area contributed by atoms with E-state index in [9.17, 15) is 24.0 Å². The van der Waals surface area contributed by atoms with E-state index >= 15 is 0 Å². The minimum atomic E-state index is -0.841. The summed E-state index contributed by atoms with van der Waals surface area (Å²) in [4.78, 5) is 57.3. The number of carbonyl (C=O) groups excluding carboxylic acids is 5. The summed E-state index contributed by atoms with van der Waals surface area (Å²) in [6, 6.07) is -1.62. The predicted octanol–water partition coefficient (Wildman–Crippen LogP) is -4.52. The van der Waals surface area contributed by atoms with Crippen LogP contribution in [0.1, 0.15) is 12.8 Å². The third kappa shape index (κ3) is 7.44. The number of esters is 1. The van der Waals surface area contributed by atoms with Gasteiger partial charge in [0, 0.05) is 13.0 Å². The van der Waals surface area contributed by atoms with Crippen molar-refractivity contribution in [1.29, 1.82) is 0 Å². The third-order valence-corrected chi connectivity index (χ3v) is 3.41. The van der Waals surface area contributed by atoms with Crippen molar-refractivity contribution in [3.05, 3.63) is 0 Å². The molecule has 1 heterocycles. The summed E-state index contributed by atoms with van der Waals surface area (Å²) in [7, 11) is 0. The van der Waals surface area contributed by atoms with Gasteiger partial charge in [-0.25, -0.2) is 0 Å². The Bertz CT molecular complexity index is 554. The van der Waals surface area contributed by atoms with Crippen molar-refractivity contribution in [2.45, 2.75) is 24.9 Å². The average Bonchev–Trinajstić information content (AvgIpc) is 2.61. The van der Waals surface area contributed by atoms with Crippen molar-refractivity contribution >= 4 is 29.6 Å². The van der Waals surface area contributed by atoms with Crippen LogP contribution in [0.5, 0.6) is 0 Å². The molecule has 0 unspecified atom stereocenters. The molecule has 12 nitrogen and oxygen atoms in total. The maximum atomic E-state index is 11.8. The predicted molar refractivity (Wildman–Crippen MR) is 86.2 cm³/mol. The largest absolute Gasteiger partial charge is 0.464 e. The lowest BCUT2D eigenvalue weighted by atomic mass is 10.1. The first-order valence-electron chi connectivity index (χ1n) is 7.98. The van der Waals surface area contributed by atoms with Gasteiger partial charge in [0.25, 0.3) is 0 Å². The van der Waals surface area contributed by atoms with Gasteiger partial charge in [0.15, 0.2) is 0 Å². The Morgan fingerprint density at radius 3 is 2.15 bits per heavy atom. The Labute approximate surface area is 149 Å². The van der Waals surface area contributed by atoms with E-state index in [1.54, 1.807) is 0 Å². The van der Waals surface area contributed by atoms with Gasteiger partial charge in [0.1, 0.15) is 18.6 Å². The molecule has 1 fully saturated rings. The highest BCUT2D eigenvalue weighted by molar-refractivity contribution is 5.96. The quantitative estimate of drug-likeness (QED) is 0.206. The molecule has 1 aliphatic heterocycles. The Kier molecular flexibility index (Phi) is 9.01. The molecule has 146 valence electrons. The first-order chi connectivity index (χ1) is 12.4. The van der Waals surface area contributed by atoms with E-state index in [-0.39, 0.29) is 39.1 Å². The van der Waals surface area contributed by atoms with Gasteiger partial charge in [-0.05, 0) is 6.42 Å². The molecule has 0 spiro atoms. The summed E-state index contributed by atoms with van der Waals surface area (Å²) in [5.41, 5.74) is 5.05. The van der Waals surface area contributed by atoms with Crippen molar-refractivity contribution in [2.24, 2.45) is 5.73 Å². The Morgan fingerprint density at radius 2 is 1.58 bits per heavy atom. The summed E-state index contributed by atoms with van der Waals surface area (Å²) in [6.45, 7) is -1.34. The van der Waals surface area contributed by atoms with E-state index in [0.717, 1.165) is 0 Å². The number of aliphatic hydroxyl groups is 1. The van der Waals surface area contributed by atoms with Gasteiger partial charge in [-0.2, -0.15) is 0 Å². The zero-order valence-corrected chi connectivity index (χ0v) is 14.1. The topological polar surface area (TPSA) is 189 Å². The SMILES string of the molecule is NCC(=O)NCC(=O)NCC(=O)OCC[C@H]1NC(=O)[C@@H](CCO)NC1=O. The fourth-order valence-corrected chi connectivity index (χ4v) is 2.04. The molecule has 0 aromatic rings. The van der Waals surface area contributed by atoms with Crippen molar-refractivity contribution in [1.82, 2.24) is 21.3 Å². The van der Waals surface area contributed by atoms with E-state index < -0.39 is 48.2 Å². The summed E-state index contributed by atoms with van der Waals surface area (Å²) < 4.78 is 4.87. The lowest BCUT2D eigenvalue weighted by Gasteiger charge is -2.29. The van der Waals surface area contributed by atoms with Crippen LogP contribution in [0.2, 0.25) is 0 Å². The minimum absolute atomic E-state index is 0.0651. The van der Waals surface area contributed by atoms with Gasteiger partial charge in [-0.15, -0.1) is 0 Å². The van der Waals surface area contributed by atoms with E-state index in [2.05, 4.69) is 21.3 Å². The van der Waals surface area contributed by atoms with E-state index in [1.165, 1.54) is 0 Å². The van der Waals surface area contributed by atoms with Gasteiger partial charge in [0.2, 0.25) is 23.6 Å². The van der Waals surface area contributed by atoms with Crippen LogP contribution in [0.3, 0.4) is 0 Å². The van der Waals surface area contributed by atoms with Crippen molar-refractivity contribution < 1.29 is 33.8 Å². The molecule has 1 rings (SSSR count). The number of ether oxygens (including phenoxy) is 1. The zero-order valence-electron chi connectivity index (χ0n) is 14.1. The van der Waals surface area contributed by atoms with Crippen LogP contribution in [0, 0.1) is 0 Å². The fourth-order valence-electron chi connectivity index (χ4n) is 2.04. The molecule has 1 saturated heterocycles. The van der Waals surface area contributed by atoms with E-state index in [0.29, 0.717) is 0 Å².